The van der Waals surface area contributed by atoms with E-state index in [1.165, 1.54) is 24.0 Å². The highest BCUT2D eigenvalue weighted by atomic mass is 79.9. The highest BCUT2D eigenvalue weighted by Crippen LogP contribution is 2.30. The fourth-order valence-corrected chi connectivity index (χ4v) is 5.45. The molecular weight excluding hydrogens is 414 g/mol. The molecule has 2 aromatic carbocycles. The first kappa shape index (κ1) is 19.4. The van der Waals surface area contributed by atoms with E-state index < -0.39 is 10.0 Å². The third-order valence-electron chi connectivity index (χ3n) is 4.91. The molecule has 0 radical (unpaired) electrons. The molecule has 0 aromatic heterocycles. The van der Waals surface area contributed by atoms with Gasteiger partial charge in [-0.15, -0.1) is 0 Å². The van der Waals surface area contributed by atoms with Gasteiger partial charge in [-0.3, -0.25) is 0 Å². The van der Waals surface area contributed by atoms with Gasteiger partial charge in [-0.1, -0.05) is 25.1 Å². The van der Waals surface area contributed by atoms with Gasteiger partial charge in [0.05, 0.1) is 16.5 Å². The SMILES string of the molecule is CC[C@@H](NS(=O)(=O)c1ccc(OC)c(Br)c1)c1ccc2c(c1)CCCC2. The minimum absolute atomic E-state index is 0.224. The molecule has 4 nitrogen and oxygen atoms in total. The van der Waals surface area contributed by atoms with Crippen LogP contribution in [0.25, 0.3) is 0 Å². The van der Waals surface area contributed by atoms with Gasteiger partial charge in [-0.25, -0.2) is 13.1 Å². The molecular formula is C20H24BrNO3S. The van der Waals surface area contributed by atoms with E-state index >= 15 is 0 Å². The van der Waals surface area contributed by atoms with Crippen LogP contribution in [-0.4, -0.2) is 15.5 Å². The summed E-state index contributed by atoms with van der Waals surface area (Å²) >= 11 is 3.35. The van der Waals surface area contributed by atoms with Crippen LogP contribution in [0.4, 0.5) is 0 Å². The smallest absolute Gasteiger partial charge is 0.241 e. The molecule has 0 bridgehead atoms. The van der Waals surface area contributed by atoms with E-state index in [9.17, 15) is 8.42 Å². The summed E-state index contributed by atoms with van der Waals surface area (Å²) in [6.07, 6.45) is 5.34. The number of sulfonamides is 1. The van der Waals surface area contributed by atoms with Gasteiger partial charge in [0.1, 0.15) is 5.75 Å². The first-order chi connectivity index (χ1) is 12.4. The van der Waals surface area contributed by atoms with E-state index in [2.05, 4.69) is 38.9 Å². The van der Waals surface area contributed by atoms with Crippen molar-refractivity contribution >= 4 is 26.0 Å². The Kier molecular flexibility index (Phi) is 6.05. The highest BCUT2D eigenvalue weighted by Gasteiger charge is 2.22. The van der Waals surface area contributed by atoms with Crippen molar-refractivity contribution < 1.29 is 13.2 Å². The number of benzene rings is 2. The minimum atomic E-state index is -3.62. The average Bonchev–Trinajstić information content (AvgIpc) is 2.65. The summed E-state index contributed by atoms with van der Waals surface area (Å²) in [6, 6.07) is 10.9. The molecule has 0 saturated heterocycles. The maximum absolute atomic E-state index is 12.8. The second kappa shape index (κ2) is 8.11. The van der Waals surface area contributed by atoms with E-state index in [4.69, 9.17) is 4.74 Å². The van der Waals surface area contributed by atoms with Crippen LogP contribution >= 0.6 is 15.9 Å². The first-order valence-corrected chi connectivity index (χ1v) is 11.2. The van der Waals surface area contributed by atoms with Crippen LogP contribution in [0, 0.1) is 0 Å². The lowest BCUT2D eigenvalue weighted by Gasteiger charge is -2.22. The third-order valence-corrected chi connectivity index (χ3v) is 7.00. The number of hydrogen-bond donors (Lipinski definition) is 1. The van der Waals surface area contributed by atoms with Crippen LogP contribution in [0.1, 0.15) is 48.9 Å². The van der Waals surface area contributed by atoms with Crippen molar-refractivity contribution in [1.82, 2.24) is 4.72 Å². The number of nitrogens with one attached hydrogen (secondary N) is 1. The second-order valence-electron chi connectivity index (χ2n) is 6.61. The maximum atomic E-state index is 12.8. The number of fused-ring (bicyclic) bond motifs is 1. The molecule has 1 atom stereocenters. The monoisotopic (exact) mass is 437 g/mol. The van der Waals surface area contributed by atoms with Crippen molar-refractivity contribution in [3.8, 4) is 5.75 Å². The molecule has 0 unspecified atom stereocenters. The Morgan fingerprint density at radius 1 is 1.12 bits per heavy atom. The number of ether oxygens (including phenoxy) is 1. The largest absolute Gasteiger partial charge is 0.496 e. The summed E-state index contributed by atoms with van der Waals surface area (Å²) in [6.45, 7) is 2.00. The zero-order valence-electron chi connectivity index (χ0n) is 15.1. The Hall–Kier alpha value is -1.37. The Labute approximate surface area is 164 Å². The molecule has 0 spiro atoms. The van der Waals surface area contributed by atoms with Gasteiger partial charge < -0.3 is 4.74 Å². The van der Waals surface area contributed by atoms with Crippen molar-refractivity contribution in [2.75, 3.05) is 7.11 Å². The molecule has 2 aromatic rings. The van der Waals surface area contributed by atoms with Crippen LogP contribution in [0.5, 0.6) is 5.75 Å². The summed E-state index contributed by atoms with van der Waals surface area (Å²) in [5.41, 5.74) is 3.79. The van der Waals surface area contributed by atoms with Crippen LogP contribution in [-0.2, 0) is 22.9 Å². The van der Waals surface area contributed by atoms with E-state index in [1.54, 1.807) is 25.3 Å². The van der Waals surface area contributed by atoms with Gasteiger partial charge >= 0.3 is 0 Å². The molecule has 0 heterocycles. The van der Waals surface area contributed by atoms with Crippen molar-refractivity contribution in [2.24, 2.45) is 0 Å². The topological polar surface area (TPSA) is 55.4 Å². The third kappa shape index (κ3) is 4.13. The Morgan fingerprint density at radius 3 is 2.50 bits per heavy atom. The van der Waals surface area contributed by atoms with E-state index in [1.807, 2.05) is 6.92 Å². The molecule has 26 heavy (non-hydrogen) atoms. The first-order valence-electron chi connectivity index (χ1n) is 8.92. The second-order valence-corrected chi connectivity index (χ2v) is 9.18. The Bertz CT molecular complexity index is 896. The molecule has 3 rings (SSSR count). The molecule has 0 saturated carbocycles. The number of methoxy groups -OCH3 is 1. The zero-order chi connectivity index (χ0) is 18.7. The summed E-state index contributed by atoms with van der Waals surface area (Å²) in [5, 5.41) is 0. The van der Waals surface area contributed by atoms with Gasteiger partial charge in [0.15, 0.2) is 0 Å². The summed E-state index contributed by atoms with van der Waals surface area (Å²) in [4.78, 5) is 0.224. The van der Waals surface area contributed by atoms with Gasteiger partial charge in [-0.05, 0) is 82.9 Å². The molecule has 0 aliphatic heterocycles. The van der Waals surface area contributed by atoms with Gasteiger partial charge in [0, 0.05) is 6.04 Å². The lowest BCUT2D eigenvalue weighted by Crippen LogP contribution is -2.28. The van der Waals surface area contributed by atoms with Crippen LogP contribution < -0.4 is 9.46 Å². The normalized spacial score (nSPS) is 15.3. The van der Waals surface area contributed by atoms with Gasteiger partial charge in [0.2, 0.25) is 10.0 Å². The average molecular weight is 438 g/mol. The molecule has 1 aliphatic rings. The number of rotatable bonds is 6. The molecule has 0 fully saturated rings. The van der Waals surface area contributed by atoms with Crippen molar-refractivity contribution in [3.05, 3.63) is 57.6 Å². The standard InChI is InChI=1S/C20H24BrNO3S/c1-3-19(16-9-8-14-6-4-5-7-15(14)12-16)22-26(23,24)17-10-11-20(25-2)18(21)13-17/h8-13,19,22H,3-7H2,1-2H3/t19-/m1/s1. The predicted octanol–water partition coefficient (Wildman–Crippen LogP) is 4.77. The maximum Gasteiger partial charge on any atom is 0.241 e. The summed E-state index contributed by atoms with van der Waals surface area (Å²) in [5.74, 6) is 0.602. The molecule has 6 heteroatoms. The zero-order valence-corrected chi connectivity index (χ0v) is 17.5. The Morgan fingerprint density at radius 2 is 1.85 bits per heavy atom. The van der Waals surface area contributed by atoms with Crippen LogP contribution in [0.2, 0.25) is 0 Å². The van der Waals surface area contributed by atoms with E-state index in [-0.39, 0.29) is 10.9 Å². The van der Waals surface area contributed by atoms with Crippen molar-refractivity contribution in [1.29, 1.82) is 0 Å². The molecule has 140 valence electrons. The number of aryl methyl sites for hydroxylation is 2. The highest BCUT2D eigenvalue weighted by molar-refractivity contribution is 9.10. The van der Waals surface area contributed by atoms with Crippen molar-refractivity contribution in [2.45, 2.75) is 50.0 Å². The molecule has 1 aliphatic carbocycles. The minimum Gasteiger partial charge on any atom is -0.496 e. The summed E-state index contributed by atoms with van der Waals surface area (Å²) in [7, 11) is -2.07. The predicted molar refractivity (Wildman–Crippen MR) is 107 cm³/mol. The lowest BCUT2D eigenvalue weighted by molar-refractivity contribution is 0.411. The van der Waals surface area contributed by atoms with Crippen molar-refractivity contribution in [3.63, 3.8) is 0 Å². The molecule has 0 amide bonds. The van der Waals surface area contributed by atoms with Gasteiger partial charge in [0.25, 0.3) is 0 Å². The molecule has 1 N–H and O–H groups in total. The van der Waals surface area contributed by atoms with Gasteiger partial charge in [-0.2, -0.15) is 0 Å². The fourth-order valence-electron chi connectivity index (χ4n) is 3.43. The van der Waals surface area contributed by atoms with E-state index in [0.29, 0.717) is 16.6 Å². The van der Waals surface area contributed by atoms with Crippen LogP contribution in [0.15, 0.2) is 45.8 Å². The van der Waals surface area contributed by atoms with Crippen LogP contribution in [0.3, 0.4) is 0 Å². The lowest BCUT2D eigenvalue weighted by atomic mass is 9.89. The number of hydrogen-bond acceptors (Lipinski definition) is 3. The summed E-state index contributed by atoms with van der Waals surface area (Å²) < 4.78 is 34.3. The van der Waals surface area contributed by atoms with E-state index in [0.717, 1.165) is 18.4 Å². The number of halogens is 1. The Balaban J connectivity index is 1.86. The quantitative estimate of drug-likeness (QED) is 0.707. The fraction of sp³-hybridized carbons (Fsp3) is 0.400.